The van der Waals surface area contributed by atoms with Crippen molar-refractivity contribution in [1.82, 2.24) is 24.6 Å². The summed E-state index contributed by atoms with van der Waals surface area (Å²) in [7, 11) is 0. The van der Waals surface area contributed by atoms with Gasteiger partial charge in [-0.05, 0) is 31.5 Å². The molecular formula is C18H12N6O2S. The number of nitrogens with zero attached hydrogens (tertiary/aromatic N) is 6. The lowest BCUT2D eigenvalue weighted by molar-refractivity contribution is -0.384. The van der Waals surface area contributed by atoms with Crippen LogP contribution in [0.15, 0.2) is 36.7 Å². The van der Waals surface area contributed by atoms with Crippen LogP contribution in [0.2, 0.25) is 0 Å². The number of pyridine rings is 1. The Bertz CT molecular complexity index is 1390. The second-order valence-electron chi connectivity index (χ2n) is 6.26. The van der Waals surface area contributed by atoms with E-state index in [2.05, 4.69) is 20.1 Å². The molecule has 4 aromatic heterocycles. The molecule has 0 bridgehead atoms. The molecule has 0 saturated heterocycles. The lowest BCUT2D eigenvalue weighted by atomic mass is 10.1. The Morgan fingerprint density at radius 2 is 2.00 bits per heavy atom. The first kappa shape index (κ1) is 15.8. The van der Waals surface area contributed by atoms with Crippen LogP contribution in [0.1, 0.15) is 11.3 Å². The maximum atomic E-state index is 11.3. The van der Waals surface area contributed by atoms with Crippen LogP contribution in [0.3, 0.4) is 0 Å². The molecule has 0 amide bonds. The van der Waals surface area contributed by atoms with Crippen LogP contribution in [0, 0.1) is 24.0 Å². The van der Waals surface area contributed by atoms with Crippen molar-refractivity contribution >= 4 is 43.1 Å². The van der Waals surface area contributed by atoms with Gasteiger partial charge in [-0.25, -0.2) is 19.5 Å². The predicted octanol–water partition coefficient (Wildman–Crippen LogP) is 4.08. The standard InChI is InChI=1S/C18H12N6O2S/c1-9-7-10(2)20-18-13(9)14-15(27-18)17-21-16(22-23(17)8-19-14)11-5-3-4-6-12(11)24(25)26/h3-8H,1-2H3. The SMILES string of the molecule is Cc1cc(C)c2c(n1)sc1c2ncn2nc(-c3ccccc3[N+](=O)[O-])nc12. The fourth-order valence-electron chi connectivity index (χ4n) is 3.30. The topological polar surface area (TPSA) is 99.1 Å². The van der Waals surface area contributed by atoms with Gasteiger partial charge in [-0.15, -0.1) is 16.4 Å². The second kappa shape index (κ2) is 5.52. The zero-order valence-corrected chi connectivity index (χ0v) is 15.2. The molecular weight excluding hydrogens is 364 g/mol. The van der Waals surface area contributed by atoms with E-state index in [4.69, 9.17) is 0 Å². The largest absolute Gasteiger partial charge is 0.280 e. The number of benzene rings is 1. The number of para-hydroxylation sites is 1. The van der Waals surface area contributed by atoms with E-state index in [1.54, 1.807) is 29.0 Å². The van der Waals surface area contributed by atoms with E-state index < -0.39 is 4.92 Å². The van der Waals surface area contributed by atoms with Crippen LogP contribution in [0.5, 0.6) is 0 Å². The number of aromatic nitrogens is 5. The lowest BCUT2D eigenvalue weighted by Crippen LogP contribution is -1.93. The van der Waals surface area contributed by atoms with Crippen molar-refractivity contribution in [2.24, 2.45) is 0 Å². The molecule has 0 N–H and O–H groups in total. The minimum atomic E-state index is -0.426. The Balaban J connectivity index is 1.83. The van der Waals surface area contributed by atoms with E-state index in [-0.39, 0.29) is 5.69 Å². The Morgan fingerprint density at radius 1 is 1.19 bits per heavy atom. The van der Waals surface area contributed by atoms with E-state index >= 15 is 0 Å². The summed E-state index contributed by atoms with van der Waals surface area (Å²) in [5, 5.41) is 16.8. The van der Waals surface area contributed by atoms with Crippen molar-refractivity contribution in [3.05, 3.63) is 58.0 Å². The highest BCUT2D eigenvalue weighted by atomic mass is 32.1. The molecule has 1 aromatic carbocycles. The smallest absolute Gasteiger partial charge is 0.258 e. The van der Waals surface area contributed by atoms with Gasteiger partial charge in [0.1, 0.15) is 15.9 Å². The average molecular weight is 376 g/mol. The number of nitro benzene ring substituents is 1. The summed E-state index contributed by atoms with van der Waals surface area (Å²) < 4.78 is 2.43. The molecule has 0 aliphatic rings. The Labute approximate surface area is 156 Å². The molecule has 27 heavy (non-hydrogen) atoms. The summed E-state index contributed by atoms with van der Waals surface area (Å²) in [6.45, 7) is 4.00. The maximum absolute atomic E-state index is 11.3. The van der Waals surface area contributed by atoms with E-state index in [9.17, 15) is 10.1 Å². The first-order valence-electron chi connectivity index (χ1n) is 8.18. The fourth-order valence-corrected chi connectivity index (χ4v) is 4.53. The summed E-state index contributed by atoms with van der Waals surface area (Å²) in [4.78, 5) is 25.6. The molecule has 0 unspecified atom stereocenters. The highest BCUT2D eigenvalue weighted by Gasteiger charge is 2.21. The molecule has 0 atom stereocenters. The second-order valence-corrected chi connectivity index (χ2v) is 7.26. The van der Waals surface area contributed by atoms with E-state index in [1.165, 1.54) is 17.4 Å². The van der Waals surface area contributed by atoms with Gasteiger partial charge in [0.2, 0.25) is 0 Å². The predicted molar refractivity (Wildman–Crippen MR) is 103 cm³/mol. The number of rotatable bonds is 2. The molecule has 0 spiro atoms. The summed E-state index contributed by atoms with van der Waals surface area (Å²) in [6.07, 6.45) is 1.59. The normalized spacial score (nSPS) is 11.6. The number of nitro groups is 1. The van der Waals surface area contributed by atoms with Crippen molar-refractivity contribution in [2.75, 3.05) is 0 Å². The minimum absolute atomic E-state index is 0.0258. The van der Waals surface area contributed by atoms with Crippen LogP contribution in [-0.2, 0) is 0 Å². The van der Waals surface area contributed by atoms with Gasteiger partial charge in [-0.1, -0.05) is 12.1 Å². The molecule has 0 aliphatic carbocycles. The fraction of sp³-hybridized carbons (Fsp3) is 0.111. The number of hydrogen-bond donors (Lipinski definition) is 0. The Hall–Kier alpha value is -3.46. The van der Waals surface area contributed by atoms with Gasteiger partial charge in [0.25, 0.3) is 5.69 Å². The molecule has 9 heteroatoms. The molecule has 5 aromatic rings. The van der Waals surface area contributed by atoms with E-state index in [0.29, 0.717) is 17.0 Å². The molecule has 0 aliphatic heterocycles. The third kappa shape index (κ3) is 2.28. The third-order valence-corrected chi connectivity index (χ3v) is 5.50. The van der Waals surface area contributed by atoms with E-state index in [0.717, 1.165) is 31.7 Å². The summed E-state index contributed by atoms with van der Waals surface area (Å²) in [5.74, 6) is 0.301. The monoisotopic (exact) mass is 376 g/mol. The Kier molecular flexibility index (Phi) is 3.22. The van der Waals surface area contributed by atoms with Gasteiger partial charge < -0.3 is 0 Å². The van der Waals surface area contributed by atoms with Crippen LogP contribution in [-0.4, -0.2) is 29.5 Å². The summed E-state index contributed by atoms with van der Waals surface area (Å²) >= 11 is 1.51. The maximum Gasteiger partial charge on any atom is 0.280 e. The van der Waals surface area contributed by atoms with Crippen LogP contribution < -0.4 is 0 Å². The molecule has 0 fully saturated rings. The highest BCUT2D eigenvalue weighted by Crippen LogP contribution is 2.36. The van der Waals surface area contributed by atoms with Crippen molar-refractivity contribution < 1.29 is 4.92 Å². The van der Waals surface area contributed by atoms with Crippen molar-refractivity contribution in [3.8, 4) is 11.4 Å². The van der Waals surface area contributed by atoms with Crippen LogP contribution in [0.25, 0.3) is 37.5 Å². The first-order valence-corrected chi connectivity index (χ1v) is 9.00. The summed E-state index contributed by atoms with van der Waals surface area (Å²) in [6, 6.07) is 8.49. The lowest BCUT2D eigenvalue weighted by Gasteiger charge is -1.98. The first-order chi connectivity index (χ1) is 13.0. The van der Waals surface area contributed by atoms with Gasteiger partial charge in [0, 0.05) is 17.1 Å². The molecule has 132 valence electrons. The minimum Gasteiger partial charge on any atom is -0.258 e. The zero-order chi connectivity index (χ0) is 18.7. The van der Waals surface area contributed by atoms with Gasteiger partial charge in [-0.3, -0.25) is 10.1 Å². The van der Waals surface area contributed by atoms with Crippen LogP contribution >= 0.6 is 11.3 Å². The highest BCUT2D eigenvalue weighted by molar-refractivity contribution is 7.26. The van der Waals surface area contributed by atoms with Crippen LogP contribution in [0.4, 0.5) is 5.69 Å². The third-order valence-electron chi connectivity index (χ3n) is 4.43. The number of aryl methyl sites for hydroxylation is 2. The summed E-state index contributed by atoms with van der Waals surface area (Å²) in [5.41, 5.74) is 3.86. The molecule has 4 heterocycles. The number of hydrogen-bond acceptors (Lipinski definition) is 7. The molecule has 8 nitrogen and oxygen atoms in total. The molecule has 5 rings (SSSR count). The Morgan fingerprint density at radius 3 is 2.81 bits per heavy atom. The van der Waals surface area contributed by atoms with E-state index in [1.807, 2.05) is 19.9 Å². The number of fused-ring (bicyclic) bond motifs is 5. The van der Waals surface area contributed by atoms with Gasteiger partial charge in [-0.2, -0.15) is 0 Å². The van der Waals surface area contributed by atoms with Gasteiger partial charge in [0.05, 0.1) is 16.0 Å². The van der Waals surface area contributed by atoms with Gasteiger partial charge in [0.15, 0.2) is 11.5 Å². The zero-order valence-electron chi connectivity index (χ0n) is 14.4. The van der Waals surface area contributed by atoms with Crippen molar-refractivity contribution in [1.29, 1.82) is 0 Å². The molecule has 0 radical (unpaired) electrons. The average Bonchev–Trinajstić information content (AvgIpc) is 3.22. The molecule has 0 saturated carbocycles. The van der Waals surface area contributed by atoms with Crippen molar-refractivity contribution in [3.63, 3.8) is 0 Å². The van der Waals surface area contributed by atoms with Gasteiger partial charge >= 0.3 is 0 Å². The number of thiophene rings is 1. The van der Waals surface area contributed by atoms with Crippen molar-refractivity contribution in [2.45, 2.75) is 13.8 Å². The quantitative estimate of drug-likeness (QED) is 0.340.